The van der Waals surface area contributed by atoms with Crippen LogP contribution < -0.4 is 20.3 Å². The van der Waals surface area contributed by atoms with Gasteiger partial charge in [-0.25, -0.2) is 19.2 Å². The molecule has 1 aromatic heterocycles. The van der Waals surface area contributed by atoms with Crippen LogP contribution in [0.1, 0.15) is 34.6 Å². The highest BCUT2D eigenvalue weighted by Crippen LogP contribution is 2.18. The number of halogens is 1. The number of aromatic nitrogens is 2. The molecule has 2 heterocycles. The van der Waals surface area contributed by atoms with Gasteiger partial charge in [0.25, 0.3) is 0 Å². The highest BCUT2D eigenvalue weighted by Gasteiger charge is 2.31. The van der Waals surface area contributed by atoms with E-state index in [9.17, 15) is 14.0 Å². The topological polar surface area (TPSA) is 106 Å². The lowest BCUT2D eigenvalue weighted by Gasteiger charge is -2.38. The summed E-state index contributed by atoms with van der Waals surface area (Å²) in [5.74, 6) is 0.652. The zero-order valence-corrected chi connectivity index (χ0v) is 17.4. The second-order valence-electron chi connectivity index (χ2n) is 8.42. The van der Waals surface area contributed by atoms with Crippen molar-refractivity contribution in [2.75, 3.05) is 31.1 Å². The first-order valence-electron chi connectivity index (χ1n) is 9.23. The Balaban J connectivity index is 1.86. The molecule has 0 aromatic carbocycles. The molecule has 160 valence electrons. The van der Waals surface area contributed by atoms with Gasteiger partial charge in [0.2, 0.25) is 11.9 Å². The average Bonchev–Trinajstić information content (AvgIpc) is 2.59. The number of hydrogen-bond acceptors (Lipinski definition) is 7. The highest BCUT2D eigenvalue weighted by atomic mass is 19.1. The monoisotopic (exact) mass is 409 g/mol. The summed E-state index contributed by atoms with van der Waals surface area (Å²) in [6, 6.07) is 0. The van der Waals surface area contributed by atoms with Gasteiger partial charge < -0.3 is 25.0 Å². The number of piperazine rings is 1. The van der Waals surface area contributed by atoms with E-state index in [0.29, 0.717) is 24.6 Å². The number of anilines is 1. The maximum absolute atomic E-state index is 13.1. The van der Waals surface area contributed by atoms with Crippen molar-refractivity contribution in [2.45, 2.75) is 45.8 Å². The third kappa shape index (κ3) is 7.55. The summed E-state index contributed by atoms with van der Waals surface area (Å²) in [6.45, 7) is 9.66. The number of alkyl carbamates (subject to hydrolysis) is 1. The van der Waals surface area contributed by atoms with Crippen molar-refractivity contribution in [3.05, 3.63) is 24.3 Å². The summed E-state index contributed by atoms with van der Waals surface area (Å²) >= 11 is 0. The molecular weight excluding hydrogens is 381 g/mol. The third-order valence-corrected chi connectivity index (χ3v) is 3.73. The van der Waals surface area contributed by atoms with Crippen molar-refractivity contribution in [2.24, 2.45) is 0 Å². The summed E-state index contributed by atoms with van der Waals surface area (Å²) in [6.07, 6.45) is 2.65. The normalized spacial score (nSPS) is 16.8. The summed E-state index contributed by atoms with van der Waals surface area (Å²) < 4.78 is 23.6. The number of nitrogens with one attached hydrogen (secondary N) is 2. The van der Waals surface area contributed by atoms with Gasteiger partial charge in [0.15, 0.2) is 5.75 Å². The first-order valence-corrected chi connectivity index (χ1v) is 9.23. The van der Waals surface area contributed by atoms with Gasteiger partial charge in [-0.3, -0.25) is 4.79 Å². The molecule has 1 saturated heterocycles. The van der Waals surface area contributed by atoms with E-state index in [0.717, 1.165) is 0 Å². The van der Waals surface area contributed by atoms with Gasteiger partial charge in [-0.1, -0.05) is 0 Å². The zero-order valence-electron chi connectivity index (χ0n) is 17.4. The second kappa shape index (κ2) is 9.06. The highest BCUT2D eigenvalue weighted by molar-refractivity contribution is 5.83. The fraction of sp³-hybridized carbons (Fsp3) is 0.579. The fourth-order valence-electron chi connectivity index (χ4n) is 2.65. The number of nitrogens with zero attached hydrogens (tertiary/aromatic N) is 3. The molecule has 0 aliphatic carbocycles. The first kappa shape index (κ1) is 22.4. The molecule has 0 bridgehead atoms. The van der Waals surface area contributed by atoms with E-state index in [1.165, 1.54) is 12.4 Å². The van der Waals surface area contributed by atoms with E-state index in [4.69, 9.17) is 9.47 Å². The van der Waals surface area contributed by atoms with Gasteiger partial charge in [0.1, 0.15) is 12.2 Å². The van der Waals surface area contributed by atoms with Gasteiger partial charge in [0, 0.05) is 18.7 Å². The number of amides is 2. The molecule has 2 N–H and O–H groups in total. The minimum atomic E-state index is -0.641. The molecule has 2 rings (SSSR count). The van der Waals surface area contributed by atoms with Gasteiger partial charge in [-0.2, -0.15) is 0 Å². The minimum absolute atomic E-state index is 0.0532. The molecule has 2 amide bonds. The fourth-order valence-corrected chi connectivity index (χ4v) is 2.65. The number of carbonyl (C=O) groups excluding carboxylic acids is 2. The predicted octanol–water partition coefficient (Wildman–Crippen LogP) is 1.95. The minimum Gasteiger partial charge on any atom is -0.486 e. The van der Waals surface area contributed by atoms with Crippen LogP contribution in [0.25, 0.3) is 0 Å². The van der Waals surface area contributed by atoms with Crippen molar-refractivity contribution in [1.29, 1.82) is 0 Å². The summed E-state index contributed by atoms with van der Waals surface area (Å²) in [5, 5.41) is 5.36. The van der Waals surface area contributed by atoms with E-state index < -0.39 is 11.7 Å². The van der Waals surface area contributed by atoms with Crippen LogP contribution in [0.3, 0.4) is 0 Å². The molecule has 1 aromatic rings. The molecule has 0 radical (unpaired) electrons. The van der Waals surface area contributed by atoms with Crippen molar-refractivity contribution in [3.8, 4) is 5.75 Å². The molecule has 0 atom stereocenters. The van der Waals surface area contributed by atoms with Crippen LogP contribution in [0, 0.1) is 0 Å². The maximum atomic E-state index is 13.1. The average molecular weight is 409 g/mol. The molecular formula is C19H28FN5O4. The van der Waals surface area contributed by atoms with Gasteiger partial charge in [0.05, 0.1) is 30.8 Å². The Morgan fingerprint density at radius 2 is 2.03 bits per heavy atom. The number of hydrogen-bond donors (Lipinski definition) is 2. The summed E-state index contributed by atoms with van der Waals surface area (Å²) in [7, 11) is 0. The Morgan fingerprint density at radius 3 is 2.59 bits per heavy atom. The van der Waals surface area contributed by atoms with Crippen LogP contribution in [-0.2, 0) is 9.53 Å². The Hall–Kier alpha value is -2.91. The Bertz CT molecular complexity index is 759. The van der Waals surface area contributed by atoms with Crippen LogP contribution in [0.2, 0.25) is 0 Å². The van der Waals surface area contributed by atoms with Crippen LogP contribution in [0.5, 0.6) is 5.75 Å². The molecule has 1 fully saturated rings. The Labute approximate surface area is 169 Å². The van der Waals surface area contributed by atoms with Crippen LogP contribution in [0.4, 0.5) is 15.1 Å². The van der Waals surface area contributed by atoms with E-state index in [1.807, 2.05) is 13.8 Å². The third-order valence-electron chi connectivity index (χ3n) is 3.73. The van der Waals surface area contributed by atoms with Crippen LogP contribution >= 0.6 is 0 Å². The smallest absolute Gasteiger partial charge is 0.407 e. The number of carbonyl (C=O) groups is 2. The zero-order chi connectivity index (χ0) is 21.7. The number of ether oxygens (including phenoxy) is 2. The van der Waals surface area contributed by atoms with Crippen LogP contribution in [0.15, 0.2) is 24.3 Å². The van der Waals surface area contributed by atoms with Gasteiger partial charge in [-0.05, 0) is 34.6 Å². The van der Waals surface area contributed by atoms with Crippen molar-refractivity contribution < 1.29 is 23.5 Å². The molecule has 0 saturated carbocycles. The summed E-state index contributed by atoms with van der Waals surface area (Å²) in [4.78, 5) is 33.7. The molecule has 1 aliphatic heterocycles. The Kier molecular flexibility index (Phi) is 6.99. The number of rotatable bonds is 6. The summed E-state index contributed by atoms with van der Waals surface area (Å²) in [5.41, 5.74) is -0.798. The lowest BCUT2D eigenvalue weighted by Crippen LogP contribution is -2.60. The van der Waals surface area contributed by atoms with E-state index in [1.54, 1.807) is 25.7 Å². The predicted molar refractivity (Wildman–Crippen MR) is 105 cm³/mol. The molecule has 0 spiro atoms. The van der Waals surface area contributed by atoms with Gasteiger partial charge >= 0.3 is 6.09 Å². The van der Waals surface area contributed by atoms with E-state index in [-0.39, 0.29) is 36.7 Å². The Morgan fingerprint density at radius 1 is 1.38 bits per heavy atom. The quantitative estimate of drug-likeness (QED) is 0.740. The van der Waals surface area contributed by atoms with Crippen molar-refractivity contribution in [1.82, 2.24) is 20.6 Å². The van der Waals surface area contributed by atoms with Gasteiger partial charge in [-0.15, -0.1) is 0 Å². The maximum Gasteiger partial charge on any atom is 0.407 e. The van der Waals surface area contributed by atoms with E-state index in [2.05, 4.69) is 20.6 Å². The van der Waals surface area contributed by atoms with Crippen molar-refractivity contribution >= 4 is 17.9 Å². The second-order valence-corrected chi connectivity index (χ2v) is 8.42. The van der Waals surface area contributed by atoms with Crippen molar-refractivity contribution in [3.63, 3.8) is 0 Å². The lowest BCUT2D eigenvalue weighted by atomic mass is 10.0. The molecule has 10 heteroatoms. The molecule has 1 aliphatic rings. The molecule has 0 unspecified atom stereocenters. The lowest BCUT2D eigenvalue weighted by molar-refractivity contribution is -0.122. The van der Waals surface area contributed by atoms with Crippen LogP contribution in [-0.4, -0.2) is 59.3 Å². The molecule has 29 heavy (non-hydrogen) atoms. The van der Waals surface area contributed by atoms with E-state index >= 15 is 0 Å². The first-order chi connectivity index (χ1) is 13.5. The SMILES string of the molecule is CC1(C)CN(c2ncc(OC/C(=C/F)CNC(=O)OC(C)(C)C)cn2)CC(=O)N1. The standard InChI is InChI=1S/C19H28FN5O4/c1-18(2,3)29-17(27)23-7-13(6-20)11-28-14-8-21-16(22-9-14)25-10-15(26)24-19(4,5)12-25/h6,8-9H,7,10-12H2,1-5H3,(H,23,27)(H,24,26)/b13-6+. The largest absolute Gasteiger partial charge is 0.486 e. The molecule has 9 nitrogen and oxygen atoms in total.